The lowest BCUT2D eigenvalue weighted by Gasteiger charge is -2.30. The molecule has 1 aliphatic carbocycles. The normalized spacial score (nSPS) is 20.3. The molecular formula is C19H29Cl2IN4O2S. The molecule has 0 bridgehead atoms. The third kappa shape index (κ3) is 8.59. The first kappa shape index (κ1) is 26.5. The number of amides is 1. The van der Waals surface area contributed by atoms with Gasteiger partial charge >= 0.3 is 0 Å². The Morgan fingerprint density at radius 2 is 1.93 bits per heavy atom. The van der Waals surface area contributed by atoms with Crippen molar-refractivity contribution in [2.24, 2.45) is 4.99 Å². The van der Waals surface area contributed by atoms with Crippen LogP contribution in [0.15, 0.2) is 23.2 Å². The highest BCUT2D eigenvalue weighted by atomic mass is 127. The number of carbonyl (C=O) groups excluding carboxylic acids is 1. The van der Waals surface area contributed by atoms with Crippen molar-refractivity contribution in [3.8, 4) is 0 Å². The van der Waals surface area contributed by atoms with Gasteiger partial charge in [-0.05, 0) is 37.5 Å². The van der Waals surface area contributed by atoms with Crippen molar-refractivity contribution in [1.29, 1.82) is 0 Å². The molecule has 164 valence electrons. The maximum atomic E-state index is 12.2. The summed E-state index contributed by atoms with van der Waals surface area (Å²) in [7, 11) is 0.966. The number of carbonyl (C=O) groups is 1. The fraction of sp³-hybridized carbons (Fsp3) is 0.579. The third-order valence-corrected chi connectivity index (χ3v) is 7.21. The number of halogens is 3. The average Bonchev–Trinajstić information content (AvgIpc) is 2.71. The molecule has 1 aliphatic rings. The Bertz CT molecular complexity index is 736. The average molecular weight is 575 g/mol. The summed E-state index contributed by atoms with van der Waals surface area (Å²) >= 11 is 11.8. The summed E-state index contributed by atoms with van der Waals surface area (Å²) in [6, 6.07) is 5.06. The molecule has 0 aliphatic heterocycles. The fourth-order valence-electron chi connectivity index (χ4n) is 3.23. The van der Waals surface area contributed by atoms with Crippen molar-refractivity contribution >= 4 is 69.8 Å². The molecule has 1 aromatic carbocycles. The Morgan fingerprint density at radius 1 is 1.21 bits per heavy atom. The predicted molar refractivity (Wildman–Crippen MR) is 133 cm³/mol. The minimum Gasteiger partial charge on any atom is -0.355 e. The quantitative estimate of drug-likeness (QED) is 0.201. The predicted octanol–water partition coefficient (Wildman–Crippen LogP) is 3.59. The molecule has 2 rings (SSSR count). The van der Waals surface area contributed by atoms with E-state index in [-0.39, 0.29) is 41.2 Å². The summed E-state index contributed by atoms with van der Waals surface area (Å²) in [5.74, 6) is 1.19. The lowest BCUT2D eigenvalue weighted by molar-refractivity contribution is 0.0954. The summed E-state index contributed by atoms with van der Waals surface area (Å²) < 4.78 is 12.1. The Labute approximate surface area is 202 Å². The standard InChI is InChI=1S/C19H28Cl2N4O2S.HI/c1-3-28(27)15-6-4-5-14(12-15)25-19(22-2)24-10-9-23-18(26)13-7-8-16(20)17(21)11-13;/h7-8,11,14-15H,3-6,9-10,12H2,1-2H3,(H,23,26)(H2,22,24,25);1H. The maximum Gasteiger partial charge on any atom is 0.251 e. The minimum absolute atomic E-state index is 0. The van der Waals surface area contributed by atoms with Crippen LogP contribution in [-0.4, -0.2) is 53.3 Å². The van der Waals surface area contributed by atoms with E-state index in [1.54, 1.807) is 25.2 Å². The highest BCUT2D eigenvalue weighted by Gasteiger charge is 2.25. The summed E-state index contributed by atoms with van der Waals surface area (Å²) in [5.41, 5.74) is 0.467. The Kier molecular flexibility index (Phi) is 12.5. The summed E-state index contributed by atoms with van der Waals surface area (Å²) in [5, 5.41) is 10.5. The molecule has 1 aromatic rings. The van der Waals surface area contributed by atoms with Crippen molar-refractivity contribution in [1.82, 2.24) is 16.0 Å². The topological polar surface area (TPSA) is 82.6 Å². The zero-order valence-corrected chi connectivity index (χ0v) is 21.3. The second-order valence-electron chi connectivity index (χ2n) is 6.68. The molecule has 6 nitrogen and oxygen atoms in total. The van der Waals surface area contributed by atoms with Crippen molar-refractivity contribution in [3.05, 3.63) is 33.8 Å². The number of rotatable bonds is 7. The molecular weight excluding hydrogens is 546 g/mol. The highest BCUT2D eigenvalue weighted by Crippen LogP contribution is 2.23. The van der Waals surface area contributed by atoms with E-state index in [1.165, 1.54) is 0 Å². The zero-order valence-electron chi connectivity index (χ0n) is 16.7. The van der Waals surface area contributed by atoms with Gasteiger partial charge in [0.25, 0.3) is 5.91 Å². The van der Waals surface area contributed by atoms with E-state index >= 15 is 0 Å². The molecule has 3 unspecified atom stereocenters. The molecule has 0 heterocycles. The molecule has 1 saturated carbocycles. The van der Waals surface area contributed by atoms with Crippen molar-refractivity contribution in [2.45, 2.75) is 43.9 Å². The van der Waals surface area contributed by atoms with Gasteiger partial charge in [0.1, 0.15) is 0 Å². The molecule has 3 N–H and O–H groups in total. The van der Waals surface area contributed by atoms with Gasteiger partial charge in [-0.1, -0.05) is 36.5 Å². The zero-order chi connectivity index (χ0) is 20.5. The molecule has 1 amide bonds. The third-order valence-electron chi connectivity index (χ3n) is 4.73. The first-order chi connectivity index (χ1) is 13.4. The number of hydrogen-bond acceptors (Lipinski definition) is 3. The van der Waals surface area contributed by atoms with Crippen LogP contribution in [0.1, 0.15) is 43.0 Å². The lowest BCUT2D eigenvalue weighted by atomic mass is 9.95. The van der Waals surface area contributed by atoms with Gasteiger partial charge in [-0.15, -0.1) is 24.0 Å². The second-order valence-corrected chi connectivity index (χ2v) is 9.50. The van der Waals surface area contributed by atoms with Gasteiger partial charge in [0.15, 0.2) is 5.96 Å². The number of nitrogens with one attached hydrogen (secondary N) is 3. The highest BCUT2D eigenvalue weighted by molar-refractivity contribution is 14.0. The SMILES string of the molecule is CCS(=O)C1CCCC(NC(=NC)NCCNC(=O)c2ccc(Cl)c(Cl)c2)C1.I. The van der Waals surface area contributed by atoms with E-state index in [0.717, 1.165) is 25.7 Å². The summed E-state index contributed by atoms with van der Waals surface area (Å²) in [4.78, 5) is 16.4. The van der Waals surface area contributed by atoms with Gasteiger partial charge in [0, 0.05) is 53.5 Å². The Hall–Kier alpha value is -0.580. The fourth-order valence-corrected chi connectivity index (χ4v) is 4.88. The van der Waals surface area contributed by atoms with E-state index in [0.29, 0.717) is 40.4 Å². The smallest absolute Gasteiger partial charge is 0.251 e. The van der Waals surface area contributed by atoms with Crippen molar-refractivity contribution in [2.75, 3.05) is 25.9 Å². The van der Waals surface area contributed by atoms with Gasteiger partial charge in [0.05, 0.1) is 10.0 Å². The van der Waals surface area contributed by atoms with Crippen LogP contribution in [0.2, 0.25) is 10.0 Å². The van der Waals surface area contributed by atoms with Crippen molar-refractivity contribution in [3.63, 3.8) is 0 Å². The molecule has 29 heavy (non-hydrogen) atoms. The Balaban J connectivity index is 0.00000420. The van der Waals surface area contributed by atoms with E-state index < -0.39 is 10.8 Å². The van der Waals surface area contributed by atoms with Gasteiger partial charge < -0.3 is 16.0 Å². The van der Waals surface area contributed by atoms with Gasteiger partial charge in [0.2, 0.25) is 0 Å². The monoisotopic (exact) mass is 574 g/mol. The maximum absolute atomic E-state index is 12.2. The van der Waals surface area contributed by atoms with E-state index in [1.807, 2.05) is 6.92 Å². The largest absolute Gasteiger partial charge is 0.355 e. The second kappa shape index (κ2) is 13.7. The number of aliphatic imine (C=N–C) groups is 1. The van der Waals surface area contributed by atoms with Crippen LogP contribution in [0.4, 0.5) is 0 Å². The van der Waals surface area contributed by atoms with Gasteiger partial charge in [-0.2, -0.15) is 0 Å². The van der Waals surface area contributed by atoms with E-state index in [2.05, 4.69) is 20.9 Å². The summed E-state index contributed by atoms with van der Waals surface area (Å²) in [6.45, 7) is 2.94. The molecule has 0 spiro atoms. The number of guanidine groups is 1. The van der Waals surface area contributed by atoms with Crippen LogP contribution < -0.4 is 16.0 Å². The van der Waals surface area contributed by atoms with Crippen molar-refractivity contribution < 1.29 is 9.00 Å². The molecule has 1 fully saturated rings. The van der Waals surface area contributed by atoms with Crippen LogP contribution in [-0.2, 0) is 10.8 Å². The molecule has 0 saturated heterocycles. The molecule has 3 atom stereocenters. The molecule has 10 heteroatoms. The van der Waals surface area contributed by atoms with Crippen LogP contribution in [0, 0.1) is 0 Å². The molecule has 0 aromatic heterocycles. The molecule has 0 radical (unpaired) electrons. The Morgan fingerprint density at radius 3 is 2.59 bits per heavy atom. The van der Waals surface area contributed by atoms with Gasteiger partial charge in [-0.3, -0.25) is 14.0 Å². The van der Waals surface area contributed by atoms with E-state index in [4.69, 9.17) is 23.2 Å². The number of hydrogen-bond donors (Lipinski definition) is 3. The number of nitrogens with zero attached hydrogens (tertiary/aromatic N) is 1. The van der Waals surface area contributed by atoms with Gasteiger partial charge in [-0.25, -0.2) is 0 Å². The minimum atomic E-state index is -0.750. The lowest BCUT2D eigenvalue weighted by Crippen LogP contribution is -2.48. The van der Waals surface area contributed by atoms with Crippen LogP contribution in [0.25, 0.3) is 0 Å². The van der Waals surface area contributed by atoms with Crippen LogP contribution in [0.3, 0.4) is 0 Å². The first-order valence-corrected chi connectivity index (χ1v) is 11.7. The van der Waals surface area contributed by atoms with Crippen LogP contribution in [0.5, 0.6) is 0 Å². The summed E-state index contributed by atoms with van der Waals surface area (Å²) in [6.07, 6.45) is 4.05. The number of benzene rings is 1. The first-order valence-electron chi connectivity index (χ1n) is 9.52. The van der Waals surface area contributed by atoms with Crippen LogP contribution >= 0.6 is 47.2 Å². The van der Waals surface area contributed by atoms with E-state index in [9.17, 15) is 9.00 Å².